The summed E-state index contributed by atoms with van der Waals surface area (Å²) in [5.74, 6) is 0. The fraction of sp³-hybridized carbons (Fsp3) is 0.400. The van der Waals surface area contributed by atoms with Crippen molar-refractivity contribution in [3.63, 3.8) is 0 Å². The summed E-state index contributed by atoms with van der Waals surface area (Å²) in [7, 11) is 0. The minimum Gasteiger partial charge on any atom is -0.225 e. The molecule has 0 saturated carbocycles. The second-order valence-corrected chi connectivity index (χ2v) is 3.61. The predicted octanol–water partition coefficient (Wildman–Crippen LogP) is 2.88. The average Bonchev–Trinajstić information content (AvgIpc) is 2.32. The summed E-state index contributed by atoms with van der Waals surface area (Å²) < 4.78 is 36.1. The summed E-state index contributed by atoms with van der Waals surface area (Å²) in [6.45, 7) is 0. The standard InChI is InChI=1S/C5H4F3NS2/c1-10-4-9-3(2-11-4)5(6,7)8/h2H,1H3. The molecule has 0 unspecified atom stereocenters. The van der Waals surface area contributed by atoms with Crippen LogP contribution in [0.3, 0.4) is 0 Å². The Morgan fingerprint density at radius 1 is 1.55 bits per heavy atom. The highest BCUT2D eigenvalue weighted by Gasteiger charge is 2.33. The quantitative estimate of drug-likeness (QED) is 0.645. The Balaban J connectivity index is 2.89. The summed E-state index contributed by atoms with van der Waals surface area (Å²) in [5, 5.41) is 1.02. The lowest BCUT2D eigenvalue weighted by Gasteiger charge is -1.99. The Hall–Kier alpha value is -0.230. The molecular weight excluding hydrogens is 195 g/mol. The predicted molar refractivity (Wildman–Crippen MR) is 38.9 cm³/mol. The third-order valence-electron chi connectivity index (χ3n) is 0.948. The molecule has 0 aliphatic heterocycles. The fourth-order valence-corrected chi connectivity index (χ4v) is 1.75. The van der Waals surface area contributed by atoms with Crippen LogP contribution < -0.4 is 0 Å². The van der Waals surface area contributed by atoms with Crippen LogP contribution in [-0.2, 0) is 6.18 Å². The number of rotatable bonds is 1. The monoisotopic (exact) mass is 199 g/mol. The van der Waals surface area contributed by atoms with E-state index in [9.17, 15) is 13.2 Å². The van der Waals surface area contributed by atoms with Crippen LogP contribution in [0.2, 0.25) is 0 Å². The van der Waals surface area contributed by atoms with E-state index in [1.54, 1.807) is 6.26 Å². The molecule has 0 aromatic carbocycles. The third-order valence-corrected chi connectivity index (χ3v) is 2.81. The maximum atomic E-state index is 11.9. The first-order valence-corrected chi connectivity index (χ1v) is 4.71. The number of aromatic nitrogens is 1. The van der Waals surface area contributed by atoms with E-state index in [1.807, 2.05) is 0 Å². The molecule has 0 aliphatic carbocycles. The van der Waals surface area contributed by atoms with Gasteiger partial charge in [0.15, 0.2) is 5.69 Å². The largest absolute Gasteiger partial charge is 0.434 e. The number of hydrogen-bond donors (Lipinski definition) is 0. The summed E-state index contributed by atoms with van der Waals surface area (Å²) in [4.78, 5) is 3.36. The van der Waals surface area contributed by atoms with Crippen molar-refractivity contribution in [2.45, 2.75) is 10.5 Å². The SMILES string of the molecule is CSc1nc(C(F)(F)F)cs1. The van der Waals surface area contributed by atoms with Gasteiger partial charge in [-0.3, -0.25) is 0 Å². The van der Waals surface area contributed by atoms with Gasteiger partial charge in [-0.15, -0.1) is 11.3 Å². The van der Waals surface area contributed by atoms with Crippen LogP contribution in [0.4, 0.5) is 13.2 Å². The van der Waals surface area contributed by atoms with Gasteiger partial charge in [-0.2, -0.15) is 13.2 Å². The van der Waals surface area contributed by atoms with E-state index in [2.05, 4.69) is 4.98 Å². The Bertz CT molecular complexity index is 242. The van der Waals surface area contributed by atoms with Gasteiger partial charge in [0, 0.05) is 5.38 Å². The van der Waals surface area contributed by atoms with Gasteiger partial charge in [-0.05, 0) is 6.26 Å². The van der Waals surface area contributed by atoms with Gasteiger partial charge >= 0.3 is 6.18 Å². The lowest BCUT2D eigenvalue weighted by atomic mass is 10.5. The topological polar surface area (TPSA) is 12.9 Å². The molecule has 1 nitrogen and oxygen atoms in total. The zero-order chi connectivity index (χ0) is 8.48. The second kappa shape index (κ2) is 3.02. The second-order valence-electron chi connectivity index (χ2n) is 1.70. The molecule has 0 atom stereocenters. The van der Waals surface area contributed by atoms with Gasteiger partial charge in [0.05, 0.1) is 0 Å². The van der Waals surface area contributed by atoms with E-state index in [0.29, 0.717) is 4.34 Å². The van der Waals surface area contributed by atoms with E-state index in [0.717, 1.165) is 16.7 Å². The Kier molecular flexibility index (Phi) is 2.43. The van der Waals surface area contributed by atoms with Gasteiger partial charge in [-0.1, -0.05) is 11.8 Å². The van der Waals surface area contributed by atoms with Crippen molar-refractivity contribution >= 4 is 23.1 Å². The molecule has 0 fully saturated rings. The molecule has 1 aromatic rings. The van der Waals surface area contributed by atoms with E-state index in [-0.39, 0.29) is 0 Å². The molecule has 6 heteroatoms. The first kappa shape index (κ1) is 8.86. The molecule has 62 valence electrons. The molecule has 1 rings (SSSR count). The molecule has 0 bridgehead atoms. The molecule has 0 spiro atoms. The van der Waals surface area contributed by atoms with E-state index in [1.165, 1.54) is 11.8 Å². The van der Waals surface area contributed by atoms with Crippen LogP contribution in [-0.4, -0.2) is 11.2 Å². The lowest BCUT2D eigenvalue weighted by Crippen LogP contribution is -2.04. The summed E-state index contributed by atoms with van der Waals surface area (Å²) >= 11 is 2.22. The van der Waals surface area contributed by atoms with Crippen LogP contribution in [0.15, 0.2) is 9.72 Å². The highest BCUT2D eigenvalue weighted by Crippen LogP contribution is 2.32. The zero-order valence-electron chi connectivity index (χ0n) is 5.47. The van der Waals surface area contributed by atoms with Crippen LogP contribution >= 0.6 is 23.1 Å². The normalized spacial score (nSPS) is 12.0. The zero-order valence-corrected chi connectivity index (χ0v) is 7.11. The summed E-state index contributed by atoms with van der Waals surface area (Å²) in [6.07, 6.45) is -2.61. The number of nitrogens with zero attached hydrogens (tertiary/aromatic N) is 1. The summed E-state index contributed by atoms with van der Waals surface area (Å²) in [6, 6.07) is 0. The number of hydrogen-bond acceptors (Lipinski definition) is 3. The molecule has 1 aromatic heterocycles. The van der Waals surface area contributed by atoms with Gasteiger partial charge in [0.2, 0.25) is 0 Å². The highest BCUT2D eigenvalue weighted by atomic mass is 32.2. The van der Waals surface area contributed by atoms with Crippen LogP contribution in [0.5, 0.6) is 0 Å². The van der Waals surface area contributed by atoms with Crippen LogP contribution in [0.1, 0.15) is 5.69 Å². The third kappa shape index (κ3) is 2.10. The van der Waals surface area contributed by atoms with E-state index >= 15 is 0 Å². The number of halogens is 3. The minimum absolute atomic E-state index is 0.442. The van der Waals surface area contributed by atoms with Gasteiger partial charge in [0.25, 0.3) is 0 Å². The lowest BCUT2D eigenvalue weighted by molar-refractivity contribution is -0.141. The van der Waals surface area contributed by atoms with Gasteiger partial charge in [-0.25, -0.2) is 4.98 Å². The van der Waals surface area contributed by atoms with Crippen molar-refractivity contribution in [1.29, 1.82) is 0 Å². The molecule has 0 amide bonds. The molecular formula is C5H4F3NS2. The van der Waals surface area contributed by atoms with Crippen molar-refractivity contribution in [2.24, 2.45) is 0 Å². The van der Waals surface area contributed by atoms with Crippen LogP contribution in [0, 0.1) is 0 Å². The van der Waals surface area contributed by atoms with Crippen molar-refractivity contribution in [2.75, 3.05) is 6.26 Å². The van der Waals surface area contributed by atoms with Crippen molar-refractivity contribution in [1.82, 2.24) is 4.98 Å². The number of alkyl halides is 3. The van der Waals surface area contributed by atoms with Crippen molar-refractivity contribution in [3.05, 3.63) is 11.1 Å². The molecule has 0 N–H and O–H groups in total. The van der Waals surface area contributed by atoms with Crippen molar-refractivity contribution in [3.8, 4) is 0 Å². The minimum atomic E-state index is -4.30. The Morgan fingerprint density at radius 3 is 2.45 bits per heavy atom. The molecule has 0 saturated heterocycles. The highest BCUT2D eigenvalue weighted by molar-refractivity contribution is 8.00. The average molecular weight is 199 g/mol. The smallest absolute Gasteiger partial charge is 0.225 e. The first-order valence-electron chi connectivity index (χ1n) is 2.61. The van der Waals surface area contributed by atoms with Crippen LogP contribution in [0.25, 0.3) is 0 Å². The molecule has 0 aliphatic rings. The maximum absolute atomic E-state index is 11.9. The van der Waals surface area contributed by atoms with Gasteiger partial charge in [0.1, 0.15) is 4.34 Å². The first-order chi connectivity index (χ1) is 5.04. The van der Waals surface area contributed by atoms with Gasteiger partial charge < -0.3 is 0 Å². The van der Waals surface area contributed by atoms with E-state index < -0.39 is 11.9 Å². The molecule has 11 heavy (non-hydrogen) atoms. The van der Waals surface area contributed by atoms with E-state index in [4.69, 9.17) is 0 Å². The number of thioether (sulfide) groups is 1. The molecule has 1 heterocycles. The Morgan fingerprint density at radius 2 is 2.18 bits per heavy atom. The molecule has 0 radical (unpaired) electrons. The maximum Gasteiger partial charge on any atom is 0.434 e. The Labute approximate surface area is 69.6 Å². The number of thiazole rings is 1. The van der Waals surface area contributed by atoms with Crippen molar-refractivity contribution < 1.29 is 13.2 Å². The fourth-order valence-electron chi connectivity index (χ4n) is 0.481. The summed E-state index contributed by atoms with van der Waals surface area (Å²) in [5.41, 5.74) is -0.799.